The molecule has 28 heavy (non-hydrogen) atoms. The highest BCUT2D eigenvalue weighted by atomic mass is 32.1. The largest absolute Gasteiger partial charge is 0.416 e. The lowest BCUT2D eigenvalue weighted by Crippen LogP contribution is -2.42. The molecule has 0 unspecified atom stereocenters. The second-order valence-electron chi connectivity index (χ2n) is 6.96. The highest BCUT2D eigenvalue weighted by Gasteiger charge is 2.30. The molecule has 0 aliphatic carbocycles. The average molecular weight is 408 g/mol. The summed E-state index contributed by atoms with van der Waals surface area (Å²) in [7, 11) is 0. The van der Waals surface area contributed by atoms with E-state index in [1.165, 1.54) is 22.0 Å². The molecule has 9 heteroatoms. The normalized spacial score (nSPS) is 16.1. The summed E-state index contributed by atoms with van der Waals surface area (Å²) in [5.74, 6) is 0.486. The molecule has 148 valence electrons. The Morgan fingerprint density at radius 2 is 1.96 bits per heavy atom. The van der Waals surface area contributed by atoms with Crippen LogP contribution in [0.25, 0.3) is 10.2 Å². The summed E-state index contributed by atoms with van der Waals surface area (Å²) in [5.41, 5.74) is 6.03. The number of halogens is 3. The lowest BCUT2D eigenvalue weighted by atomic mass is 10.1. The van der Waals surface area contributed by atoms with Crippen LogP contribution in [-0.4, -0.2) is 28.7 Å². The van der Waals surface area contributed by atoms with Crippen molar-refractivity contribution in [3.8, 4) is 0 Å². The number of benzene rings is 1. The van der Waals surface area contributed by atoms with Crippen molar-refractivity contribution in [1.82, 2.24) is 9.55 Å². The monoisotopic (exact) mass is 408 g/mol. The van der Waals surface area contributed by atoms with Crippen molar-refractivity contribution in [2.75, 3.05) is 18.0 Å². The standard InChI is InChI=1S/C19H19F3N4OS/c20-19(21,22)13-3-1-2-12(10-13)11-26-17(27)16-15(6-9-28-16)24-18(26)25-7-4-14(23)5-8-25/h1-3,6,9-10,14H,4-5,7-8,11,23H2. The van der Waals surface area contributed by atoms with E-state index in [0.29, 0.717) is 34.8 Å². The third-order valence-corrected chi connectivity index (χ3v) is 5.85. The van der Waals surface area contributed by atoms with Crippen LogP contribution in [-0.2, 0) is 12.7 Å². The summed E-state index contributed by atoms with van der Waals surface area (Å²) in [6, 6.07) is 6.97. The SMILES string of the molecule is NC1CCN(c2nc3ccsc3c(=O)n2Cc2cccc(C(F)(F)F)c2)CC1. The fraction of sp³-hybridized carbons (Fsp3) is 0.368. The maximum atomic E-state index is 13.1. The van der Waals surface area contributed by atoms with Crippen LogP contribution in [0.4, 0.5) is 19.1 Å². The van der Waals surface area contributed by atoms with Crippen LogP contribution < -0.4 is 16.2 Å². The Balaban J connectivity index is 1.78. The fourth-order valence-corrected chi connectivity index (χ4v) is 4.22. The molecule has 2 N–H and O–H groups in total. The number of rotatable bonds is 3. The van der Waals surface area contributed by atoms with Gasteiger partial charge in [0.05, 0.1) is 17.6 Å². The maximum Gasteiger partial charge on any atom is 0.416 e. The maximum absolute atomic E-state index is 13.1. The number of fused-ring (bicyclic) bond motifs is 1. The molecule has 3 aromatic rings. The van der Waals surface area contributed by atoms with E-state index in [-0.39, 0.29) is 18.1 Å². The van der Waals surface area contributed by atoms with E-state index in [2.05, 4.69) is 4.98 Å². The van der Waals surface area contributed by atoms with E-state index in [1.54, 1.807) is 17.5 Å². The predicted molar refractivity (Wildman–Crippen MR) is 104 cm³/mol. The van der Waals surface area contributed by atoms with E-state index >= 15 is 0 Å². The van der Waals surface area contributed by atoms with Gasteiger partial charge in [0, 0.05) is 19.1 Å². The number of alkyl halides is 3. The molecule has 1 aliphatic heterocycles. The van der Waals surface area contributed by atoms with Crippen LogP contribution in [0.15, 0.2) is 40.5 Å². The van der Waals surface area contributed by atoms with E-state index in [0.717, 1.165) is 25.0 Å². The third-order valence-electron chi connectivity index (χ3n) is 4.96. The molecule has 1 saturated heterocycles. The van der Waals surface area contributed by atoms with Crippen molar-refractivity contribution >= 4 is 27.5 Å². The van der Waals surface area contributed by atoms with Gasteiger partial charge in [-0.3, -0.25) is 9.36 Å². The molecule has 5 nitrogen and oxygen atoms in total. The molecule has 4 rings (SSSR count). The summed E-state index contributed by atoms with van der Waals surface area (Å²) in [6.45, 7) is 1.35. The molecule has 3 heterocycles. The van der Waals surface area contributed by atoms with Gasteiger partial charge in [-0.25, -0.2) is 4.98 Å². The number of nitrogens with two attached hydrogens (primary N) is 1. The van der Waals surface area contributed by atoms with E-state index in [4.69, 9.17) is 5.73 Å². The zero-order valence-corrected chi connectivity index (χ0v) is 15.8. The van der Waals surface area contributed by atoms with E-state index < -0.39 is 11.7 Å². The van der Waals surface area contributed by atoms with Crippen LogP contribution in [0.2, 0.25) is 0 Å². The fourth-order valence-electron chi connectivity index (χ4n) is 3.44. The number of hydrogen-bond donors (Lipinski definition) is 1. The van der Waals surface area contributed by atoms with Crippen molar-refractivity contribution in [1.29, 1.82) is 0 Å². The topological polar surface area (TPSA) is 64.2 Å². The minimum absolute atomic E-state index is 0.0292. The number of thiophene rings is 1. The Bertz CT molecular complexity index is 1050. The van der Waals surface area contributed by atoms with Gasteiger partial charge < -0.3 is 10.6 Å². The molecule has 1 aromatic carbocycles. The predicted octanol–water partition coefficient (Wildman–Crippen LogP) is 3.45. The van der Waals surface area contributed by atoms with Crippen molar-refractivity contribution in [3.63, 3.8) is 0 Å². The average Bonchev–Trinajstić information content (AvgIpc) is 3.13. The van der Waals surface area contributed by atoms with Gasteiger partial charge in [-0.1, -0.05) is 12.1 Å². The second-order valence-corrected chi connectivity index (χ2v) is 7.88. The Morgan fingerprint density at radius 3 is 2.68 bits per heavy atom. The van der Waals surface area contributed by atoms with Gasteiger partial charge in [0.2, 0.25) is 5.95 Å². The molecular weight excluding hydrogens is 389 g/mol. The molecule has 1 aliphatic rings. The van der Waals surface area contributed by atoms with Crippen LogP contribution in [0.5, 0.6) is 0 Å². The molecule has 2 aromatic heterocycles. The van der Waals surface area contributed by atoms with Crippen molar-refractivity contribution < 1.29 is 13.2 Å². The molecule has 0 amide bonds. The van der Waals surface area contributed by atoms with Gasteiger partial charge in [-0.15, -0.1) is 11.3 Å². The Morgan fingerprint density at radius 1 is 1.21 bits per heavy atom. The van der Waals surface area contributed by atoms with Gasteiger partial charge in [-0.2, -0.15) is 13.2 Å². The highest BCUT2D eigenvalue weighted by molar-refractivity contribution is 7.17. The van der Waals surface area contributed by atoms with E-state index in [1.807, 2.05) is 4.90 Å². The Labute approximate surface area is 163 Å². The molecule has 0 atom stereocenters. The molecular formula is C19H19F3N4OS. The quantitative estimate of drug-likeness (QED) is 0.721. The highest BCUT2D eigenvalue weighted by Crippen LogP contribution is 2.30. The lowest BCUT2D eigenvalue weighted by molar-refractivity contribution is -0.137. The first-order valence-electron chi connectivity index (χ1n) is 8.97. The van der Waals surface area contributed by atoms with Crippen molar-refractivity contribution in [2.45, 2.75) is 31.6 Å². The summed E-state index contributed by atoms with van der Waals surface area (Å²) >= 11 is 1.29. The lowest BCUT2D eigenvalue weighted by Gasteiger charge is -2.32. The minimum Gasteiger partial charge on any atom is -0.342 e. The Kier molecular flexibility index (Phi) is 4.88. The zero-order valence-electron chi connectivity index (χ0n) is 14.9. The first-order valence-corrected chi connectivity index (χ1v) is 9.85. The number of nitrogens with zero attached hydrogens (tertiary/aromatic N) is 3. The second kappa shape index (κ2) is 7.21. The first kappa shape index (κ1) is 18.9. The summed E-state index contributed by atoms with van der Waals surface area (Å²) in [6.07, 6.45) is -2.87. The van der Waals surface area contributed by atoms with Crippen LogP contribution in [0.1, 0.15) is 24.0 Å². The summed E-state index contributed by atoms with van der Waals surface area (Å²) in [5, 5.41) is 1.80. The van der Waals surface area contributed by atoms with Crippen LogP contribution in [0, 0.1) is 0 Å². The van der Waals surface area contributed by atoms with Crippen molar-refractivity contribution in [2.24, 2.45) is 5.73 Å². The number of aromatic nitrogens is 2. The van der Waals surface area contributed by atoms with Crippen LogP contribution in [0.3, 0.4) is 0 Å². The number of hydrogen-bond acceptors (Lipinski definition) is 5. The summed E-state index contributed by atoms with van der Waals surface area (Å²) in [4.78, 5) is 19.7. The summed E-state index contributed by atoms with van der Waals surface area (Å²) < 4.78 is 41.2. The van der Waals surface area contributed by atoms with Gasteiger partial charge in [-0.05, 0) is 42.0 Å². The third kappa shape index (κ3) is 3.64. The number of anilines is 1. The Hall–Kier alpha value is -2.39. The zero-order chi connectivity index (χ0) is 19.9. The van der Waals surface area contributed by atoms with Gasteiger partial charge in [0.25, 0.3) is 5.56 Å². The smallest absolute Gasteiger partial charge is 0.342 e. The number of piperidine rings is 1. The van der Waals surface area contributed by atoms with Crippen molar-refractivity contribution in [3.05, 3.63) is 57.2 Å². The molecule has 0 spiro atoms. The van der Waals surface area contributed by atoms with E-state index in [9.17, 15) is 18.0 Å². The van der Waals surface area contributed by atoms with Crippen LogP contribution >= 0.6 is 11.3 Å². The minimum atomic E-state index is -4.43. The molecule has 0 saturated carbocycles. The molecule has 0 radical (unpaired) electrons. The molecule has 1 fully saturated rings. The van der Waals surface area contributed by atoms with Gasteiger partial charge in [0.15, 0.2) is 0 Å². The van der Waals surface area contributed by atoms with Gasteiger partial charge in [0.1, 0.15) is 4.70 Å². The van der Waals surface area contributed by atoms with Gasteiger partial charge >= 0.3 is 6.18 Å². The first-order chi connectivity index (χ1) is 13.3. The molecule has 0 bridgehead atoms.